The number of hydrogen-bond acceptors (Lipinski definition) is 23. The van der Waals surface area contributed by atoms with Gasteiger partial charge in [-0.25, -0.2) is 48.7 Å². The normalized spacial score (nSPS) is 17.5. The molecule has 0 spiro atoms. The highest BCUT2D eigenvalue weighted by Gasteiger charge is 2.31. The predicted molar refractivity (Wildman–Crippen MR) is 419 cm³/mol. The van der Waals surface area contributed by atoms with Gasteiger partial charge in [-0.15, -0.1) is 0 Å². The third kappa shape index (κ3) is 17.3. The van der Waals surface area contributed by atoms with E-state index in [0.29, 0.717) is 68.8 Å². The zero-order chi connectivity index (χ0) is 73.9. The largest absolute Gasteiger partial charge is 0.483 e. The first-order chi connectivity index (χ1) is 52.8. The molecule has 0 bridgehead atoms. The molecule has 6 fully saturated rings. The van der Waals surface area contributed by atoms with Crippen molar-refractivity contribution in [1.29, 1.82) is 0 Å². The number of nitrogens with one attached hydrogen (secondary N) is 1. The van der Waals surface area contributed by atoms with Crippen molar-refractivity contribution in [3.05, 3.63) is 176 Å². The van der Waals surface area contributed by atoms with E-state index in [2.05, 4.69) is 121 Å². The summed E-state index contributed by atoms with van der Waals surface area (Å²) in [4.78, 5) is 60.5. The summed E-state index contributed by atoms with van der Waals surface area (Å²) in [6.45, 7) is 26.3. The molecule has 6 aliphatic rings. The molecule has 11 aromatic rings. The molecule has 17 rings (SSSR count). The first-order valence-corrected chi connectivity index (χ1v) is 37.9. The monoisotopic (exact) mass is 1460 g/mol. The van der Waals surface area contributed by atoms with E-state index in [1.165, 1.54) is 11.1 Å². The molecule has 0 unspecified atom stereocenters. The van der Waals surface area contributed by atoms with Crippen molar-refractivity contribution in [2.45, 2.75) is 96.1 Å². The van der Waals surface area contributed by atoms with Crippen LogP contribution in [0, 0.1) is 0 Å². The molecule has 562 valence electrons. The zero-order valence-electron chi connectivity index (χ0n) is 62.3. The van der Waals surface area contributed by atoms with Crippen LogP contribution in [0.2, 0.25) is 0 Å². The highest BCUT2D eigenvalue weighted by molar-refractivity contribution is 5.91. The Kier molecular flexibility index (Phi) is 22.7. The van der Waals surface area contributed by atoms with Crippen LogP contribution in [0.5, 0.6) is 0 Å². The predicted octanol–water partition coefficient (Wildman–Crippen LogP) is 11.7. The Bertz CT molecular complexity index is 4780. The summed E-state index contributed by atoms with van der Waals surface area (Å²) >= 11 is 0. The lowest BCUT2D eigenvalue weighted by Crippen LogP contribution is -2.37. The third-order valence-corrected chi connectivity index (χ3v) is 20.8. The fourth-order valence-electron chi connectivity index (χ4n) is 15.0. The summed E-state index contributed by atoms with van der Waals surface area (Å²) in [6, 6.07) is 41.5. The van der Waals surface area contributed by atoms with E-state index >= 15 is 0 Å². The molecule has 7 aromatic heterocycles. The van der Waals surface area contributed by atoms with Gasteiger partial charge in [-0.1, -0.05) is 60.7 Å². The molecule has 27 heteroatoms. The van der Waals surface area contributed by atoms with Crippen LogP contribution in [0.3, 0.4) is 0 Å². The van der Waals surface area contributed by atoms with Crippen LogP contribution >= 0.6 is 0 Å². The number of fused-ring (bicyclic) bond motifs is 3. The number of aromatic nitrogens is 13. The van der Waals surface area contributed by atoms with Gasteiger partial charge in [0, 0.05) is 132 Å². The summed E-state index contributed by atoms with van der Waals surface area (Å²) in [5, 5.41) is 20.3. The second-order valence-electron chi connectivity index (χ2n) is 29.3. The van der Waals surface area contributed by atoms with Gasteiger partial charge < -0.3 is 49.0 Å². The molecular formula is C81H97N21O6. The average molecular weight is 1460 g/mol. The van der Waals surface area contributed by atoms with E-state index < -0.39 is 11.7 Å². The molecule has 1 amide bonds. The molecule has 13 heterocycles. The summed E-state index contributed by atoms with van der Waals surface area (Å²) < 4.78 is 33.8. The Morgan fingerprint density at radius 3 is 1.21 bits per heavy atom. The number of rotatable bonds is 16. The molecule has 3 N–H and O–H groups in total. The van der Waals surface area contributed by atoms with Crippen LogP contribution in [0.25, 0.3) is 67.3 Å². The fraction of sp³-hybridized carbons (Fsp3) is 0.420. The summed E-state index contributed by atoms with van der Waals surface area (Å²) in [7, 11) is 1.67. The average Bonchev–Trinajstić information content (AvgIpc) is 1.54. The first-order valence-electron chi connectivity index (χ1n) is 37.9. The first kappa shape index (κ1) is 72.8. The van der Waals surface area contributed by atoms with Crippen LogP contribution in [0.1, 0.15) is 88.5 Å². The van der Waals surface area contributed by atoms with E-state index in [0.717, 1.165) is 209 Å². The number of piperidine rings is 3. The number of carbonyl (C=O) groups is 1. The third-order valence-electron chi connectivity index (χ3n) is 20.8. The number of hydrogen-bond donors (Lipinski definition) is 2. The van der Waals surface area contributed by atoms with Gasteiger partial charge in [0.15, 0.2) is 40.3 Å². The lowest BCUT2D eigenvalue weighted by atomic mass is 10.0. The summed E-state index contributed by atoms with van der Waals surface area (Å²) in [6.07, 6.45) is 14.9. The number of nitrogen functional groups attached to an aromatic ring is 1. The smallest absolute Gasteiger partial charge is 0.412 e. The molecule has 0 atom stereocenters. The van der Waals surface area contributed by atoms with Gasteiger partial charge in [0.1, 0.15) is 23.1 Å². The van der Waals surface area contributed by atoms with Gasteiger partial charge >= 0.3 is 6.09 Å². The van der Waals surface area contributed by atoms with E-state index in [4.69, 9.17) is 74.6 Å². The number of methoxy groups -OCH3 is 1. The van der Waals surface area contributed by atoms with Crippen molar-refractivity contribution >= 4 is 68.0 Å². The maximum atomic E-state index is 12.2. The van der Waals surface area contributed by atoms with Gasteiger partial charge in [-0.05, 0) is 138 Å². The standard InChI is InChI=1S/C32H39N7O3.C27H31N7O.C22H27N7O2/c1-32(2,3)42-31(40)34-25-11-9-24(10-12-25)28-35-29(38-17-19-41-20-18-38)27-21-33-39(30(27)36-28)26-13-15-37(16-14-26)22-23-7-5-4-6-8-23;28-22-8-6-21(7-9-22)25-30-26(33-14-16-35-17-15-33)24-18-29-34(27(24)31-25)23-10-12-32(13-11-23)19-20-4-2-1-3-5-20;1-16(30-2)27-9-5-18(6-10-27)29-22-19(15-24-29)21(28-11-13-31-14-12-28)25-20(26-22)17-3-7-23-8-4-17/h4-12,21,26H,13-20,22H2,1-3H3,(H,34,40);1-9,18,23H,10-17,19,28H2;3-4,7-8,15,18H,1,5-6,9-14H2,2H3. The topological polar surface area (TPSA) is 264 Å². The summed E-state index contributed by atoms with van der Waals surface area (Å²) in [5.41, 5.74) is 14.9. The van der Waals surface area contributed by atoms with Gasteiger partial charge in [0.05, 0.1) is 99.6 Å². The van der Waals surface area contributed by atoms with Crippen molar-refractivity contribution in [3.63, 3.8) is 0 Å². The highest BCUT2D eigenvalue weighted by atomic mass is 16.6. The number of likely N-dealkylation sites (tertiary alicyclic amines) is 3. The van der Waals surface area contributed by atoms with Crippen LogP contribution in [0.15, 0.2) is 165 Å². The van der Waals surface area contributed by atoms with Crippen molar-refractivity contribution in [1.82, 2.24) is 78.9 Å². The number of nitrogens with two attached hydrogens (primary N) is 1. The van der Waals surface area contributed by atoms with Gasteiger partial charge in [0.2, 0.25) is 0 Å². The van der Waals surface area contributed by atoms with E-state index in [-0.39, 0.29) is 12.1 Å². The van der Waals surface area contributed by atoms with E-state index in [1.54, 1.807) is 19.5 Å². The minimum absolute atomic E-state index is 0.273. The Balaban J connectivity index is 0.000000131. The van der Waals surface area contributed by atoms with Crippen molar-refractivity contribution < 1.29 is 28.5 Å². The summed E-state index contributed by atoms with van der Waals surface area (Å²) in [5.74, 6) is 5.53. The lowest BCUT2D eigenvalue weighted by Gasteiger charge is -2.33. The Hall–Kier alpha value is -10.7. The number of amides is 1. The Morgan fingerprint density at radius 1 is 0.481 bits per heavy atom. The Labute approximate surface area is 629 Å². The number of nitrogens with zero attached hydrogens (tertiary/aromatic N) is 19. The quantitative estimate of drug-likeness (QED) is 0.0672. The number of benzene rings is 4. The van der Waals surface area contributed by atoms with Crippen molar-refractivity contribution in [3.8, 4) is 34.2 Å². The molecule has 6 aliphatic heterocycles. The molecule has 0 aliphatic carbocycles. The number of pyridine rings is 1. The number of anilines is 5. The van der Waals surface area contributed by atoms with E-state index in [1.807, 2.05) is 100 Å². The molecule has 108 heavy (non-hydrogen) atoms. The fourth-order valence-corrected chi connectivity index (χ4v) is 15.0. The van der Waals surface area contributed by atoms with Crippen LogP contribution < -0.4 is 25.8 Å². The minimum atomic E-state index is -0.565. The number of ether oxygens (including phenoxy) is 5. The van der Waals surface area contributed by atoms with Gasteiger partial charge in [-0.3, -0.25) is 20.1 Å². The number of carbonyl (C=O) groups excluding carboxylic acids is 1. The molecule has 6 saturated heterocycles. The molecule has 27 nitrogen and oxygen atoms in total. The lowest BCUT2D eigenvalue weighted by molar-refractivity contribution is 0.0635. The maximum absolute atomic E-state index is 12.2. The molecule has 0 saturated carbocycles. The molecular weight excluding hydrogens is 1360 g/mol. The number of morpholine rings is 3. The Morgan fingerprint density at radius 2 is 0.843 bits per heavy atom. The van der Waals surface area contributed by atoms with E-state index in [9.17, 15) is 4.79 Å². The van der Waals surface area contributed by atoms with Crippen LogP contribution in [-0.4, -0.2) is 216 Å². The second kappa shape index (κ2) is 33.6. The minimum Gasteiger partial charge on any atom is -0.483 e. The van der Waals surface area contributed by atoms with Crippen LogP contribution in [-0.2, 0) is 36.8 Å². The SMILES string of the molecule is C=C(OC)N1CCC(n2ncc3c(N4CCOCC4)nc(-c4ccncc4)nc32)CC1.CC(C)(C)OC(=O)Nc1ccc(-c2nc(N3CCOCC3)c3cnn(C4CCN(Cc5ccccc5)CC4)c3n2)cc1.Nc1ccc(-c2nc(N3CCOCC3)c3cnn(C4CCN(Cc5ccccc5)CC4)c3n2)cc1. The second-order valence-corrected chi connectivity index (χ2v) is 29.3. The highest BCUT2D eigenvalue weighted by Crippen LogP contribution is 2.37. The van der Waals surface area contributed by atoms with Gasteiger partial charge in [0.25, 0.3) is 0 Å². The van der Waals surface area contributed by atoms with Crippen molar-refractivity contribution in [2.24, 2.45) is 0 Å². The maximum Gasteiger partial charge on any atom is 0.412 e. The molecule has 0 radical (unpaired) electrons. The van der Waals surface area contributed by atoms with Crippen molar-refractivity contribution in [2.75, 3.05) is 151 Å². The molecule has 4 aromatic carbocycles. The van der Waals surface area contributed by atoms with Gasteiger partial charge in [-0.2, -0.15) is 15.3 Å². The van der Waals surface area contributed by atoms with Crippen LogP contribution in [0.4, 0.5) is 33.6 Å². The zero-order valence-corrected chi connectivity index (χ0v) is 62.3.